The number of aromatic amines is 2. The molecule has 0 aliphatic rings. The molecule has 0 aliphatic carbocycles. The lowest BCUT2D eigenvalue weighted by Gasteiger charge is -2.07. The van der Waals surface area contributed by atoms with Gasteiger partial charge < -0.3 is 15.3 Å². The van der Waals surface area contributed by atoms with Crippen LogP contribution in [-0.4, -0.2) is 30.5 Å². The van der Waals surface area contributed by atoms with E-state index in [0.29, 0.717) is 22.4 Å². The molecule has 0 unspecified atom stereocenters. The molecule has 0 saturated heterocycles. The summed E-state index contributed by atoms with van der Waals surface area (Å²) in [6, 6.07) is 13.0. The molecule has 0 saturated carbocycles. The lowest BCUT2D eigenvalue weighted by atomic mass is 10.1. The van der Waals surface area contributed by atoms with E-state index < -0.39 is 17.4 Å². The van der Waals surface area contributed by atoms with Crippen molar-refractivity contribution in [2.75, 3.05) is 5.32 Å². The average Bonchev–Trinajstić information content (AvgIpc) is 3.36. The molecule has 5 rings (SSSR count). The van der Waals surface area contributed by atoms with Crippen LogP contribution in [0.5, 0.6) is 0 Å². The zero-order valence-electron chi connectivity index (χ0n) is 17.9. The molecular formula is C23H17F3N6O2. The number of hydrogen-bond donors (Lipinski definition) is 3. The average molecular weight is 466 g/mol. The standard InChI is InChI=1S/C23H17F3N6O2/c1-11-16(20-29-15-10-6-9-14(18(15)30-20)28-12(2)33)22(34)32-21(27-11)17(13-7-4-3-5-8-13)19(31-32)23(24,25)26/h3-10,27H,1-2H3,(H,28,33)(H,29,30). The number of carbonyl (C=O) groups excluding carboxylic acids is 1. The van der Waals surface area contributed by atoms with Gasteiger partial charge in [0, 0.05) is 12.6 Å². The van der Waals surface area contributed by atoms with Gasteiger partial charge >= 0.3 is 6.18 Å². The highest BCUT2D eigenvalue weighted by Gasteiger charge is 2.39. The first-order valence-electron chi connectivity index (χ1n) is 10.2. The maximum Gasteiger partial charge on any atom is 0.435 e. The van der Waals surface area contributed by atoms with Gasteiger partial charge in [-0.15, -0.1) is 0 Å². The number of nitrogens with zero attached hydrogens (tertiary/aromatic N) is 3. The molecule has 0 spiro atoms. The van der Waals surface area contributed by atoms with Crippen molar-refractivity contribution in [2.24, 2.45) is 0 Å². The summed E-state index contributed by atoms with van der Waals surface area (Å²) < 4.78 is 42.3. The highest BCUT2D eigenvalue weighted by molar-refractivity contribution is 5.99. The Bertz CT molecular complexity index is 1630. The van der Waals surface area contributed by atoms with Crippen LogP contribution in [0.1, 0.15) is 18.3 Å². The number of anilines is 1. The summed E-state index contributed by atoms with van der Waals surface area (Å²) in [5.74, 6) is -0.150. The first-order valence-corrected chi connectivity index (χ1v) is 10.2. The fraction of sp³-hybridized carbons (Fsp3) is 0.130. The minimum atomic E-state index is -4.78. The van der Waals surface area contributed by atoms with E-state index in [-0.39, 0.29) is 34.1 Å². The molecule has 0 aliphatic heterocycles. The van der Waals surface area contributed by atoms with Crippen molar-refractivity contribution in [2.45, 2.75) is 20.0 Å². The van der Waals surface area contributed by atoms with Gasteiger partial charge in [0.05, 0.1) is 22.3 Å². The maximum atomic E-state index is 13.9. The molecule has 0 atom stereocenters. The Morgan fingerprint density at radius 2 is 1.76 bits per heavy atom. The number of carbonyl (C=O) groups is 1. The van der Waals surface area contributed by atoms with Crippen LogP contribution >= 0.6 is 0 Å². The minimum Gasteiger partial charge on any atom is -0.342 e. The third-order valence-electron chi connectivity index (χ3n) is 5.37. The van der Waals surface area contributed by atoms with Crippen LogP contribution in [0.25, 0.3) is 39.2 Å². The van der Waals surface area contributed by atoms with E-state index in [1.807, 2.05) is 0 Å². The molecule has 0 radical (unpaired) electrons. The second-order valence-electron chi connectivity index (χ2n) is 7.74. The van der Waals surface area contributed by atoms with Gasteiger partial charge in [-0.2, -0.15) is 22.8 Å². The summed E-state index contributed by atoms with van der Waals surface area (Å²) in [6.07, 6.45) is -4.78. The van der Waals surface area contributed by atoms with Crippen molar-refractivity contribution < 1.29 is 18.0 Å². The SMILES string of the molecule is CC(=O)Nc1cccc2nc(-c3c(C)[nH]c4c(-c5ccccc5)c(C(F)(F)F)nn4c3=O)[nH]c12. The van der Waals surface area contributed by atoms with E-state index in [9.17, 15) is 22.8 Å². The molecule has 0 bridgehead atoms. The Labute approximate surface area is 189 Å². The fourth-order valence-corrected chi connectivity index (χ4v) is 3.99. The minimum absolute atomic E-state index is 0.0355. The van der Waals surface area contributed by atoms with Crippen LogP contribution in [-0.2, 0) is 11.0 Å². The number of imidazole rings is 1. The van der Waals surface area contributed by atoms with E-state index in [2.05, 4.69) is 25.4 Å². The molecule has 3 heterocycles. The van der Waals surface area contributed by atoms with Crippen LogP contribution in [0.4, 0.5) is 18.9 Å². The summed E-state index contributed by atoms with van der Waals surface area (Å²) in [5.41, 5.74) is -0.177. The van der Waals surface area contributed by atoms with Gasteiger partial charge in [0.2, 0.25) is 5.91 Å². The van der Waals surface area contributed by atoms with Crippen molar-refractivity contribution in [3.05, 3.63) is 70.3 Å². The van der Waals surface area contributed by atoms with Crippen LogP contribution in [0, 0.1) is 6.92 Å². The van der Waals surface area contributed by atoms with Crippen LogP contribution < -0.4 is 10.9 Å². The fourth-order valence-electron chi connectivity index (χ4n) is 3.99. The first kappa shape index (κ1) is 21.4. The number of nitrogens with one attached hydrogen (secondary N) is 3. The third kappa shape index (κ3) is 3.41. The van der Waals surface area contributed by atoms with Crippen LogP contribution in [0.15, 0.2) is 53.3 Å². The molecule has 5 aromatic rings. The van der Waals surface area contributed by atoms with Crippen molar-refractivity contribution in [1.29, 1.82) is 0 Å². The van der Waals surface area contributed by atoms with Gasteiger partial charge in [-0.25, -0.2) is 4.98 Å². The van der Waals surface area contributed by atoms with E-state index in [1.165, 1.54) is 19.1 Å². The smallest absolute Gasteiger partial charge is 0.342 e. The molecule has 11 heteroatoms. The molecule has 3 aromatic heterocycles. The number of H-pyrrole nitrogens is 2. The predicted molar refractivity (Wildman–Crippen MR) is 120 cm³/mol. The van der Waals surface area contributed by atoms with Crippen molar-refractivity contribution in [1.82, 2.24) is 24.6 Å². The largest absolute Gasteiger partial charge is 0.435 e. The zero-order valence-corrected chi connectivity index (χ0v) is 17.9. The van der Waals surface area contributed by atoms with Gasteiger partial charge in [0.25, 0.3) is 5.56 Å². The summed E-state index contributed by atoms with van der Waals surface area (Å²) in [7, 11) is 0. The van der Waals surface area contributed by atoms with Crippen molar-refractivity contribution in [3.8, 4) is 22.5 Å². The summed E-state index contributed by atoms with van der Waals surface area (Å²) in [4.78, 5) is 35.3. The maximum absolute atomic E-state index is 13.9. The number of rotatable bonds is 3. The highest BCUT2D eigenvalue weighted by Crippen LogP contribution is 2.38. The number of halogens is 3. The number of benzene rings is 2. The number of aromatic nitrogens is 5. The molecule has 8 nitrogen and oxygen atoms in total. The van der Waals surface area contributed by atoms with E-state index in [0.717, 1.165) is 4.52 Å². The van der Waals surface area contributed by atoms with E-state index in [1.54, 1.807) is 43.3 Å². The second kappa shape index (κ2) is 7.58. The van der Waals surface area contributed by atoms with Crippen LogP contribution in [0.3, 0.4) is 0 Å². The Morgan fingerprint density at radius 1 is 1.03 bits per heavy atom. The van der Waals surface area contributed by atoms with Gasteiger partial charge in [-0.3, -0.25) is 9.59 Å². The number of hydrogen-bond acceptors (Lipinski definition) is 4. The Morgan fingerprint density at radius 3 is 2.44 bits per heavy atom. The van der Waals surface area contributed by atoms with Gasteiger partial charge in [-0.05, 0) is 24.6 Å². The quantitative estimate of drug-likeness (QED) is 0.363. The number of aryl methyl sites for hydroxylation is 1. The van der Waals surface area contributed by atoms with Crippen molar-refractivity contribution in [3.63, 3.8) is 0 Å². The topological polar surface area (TPSA) is 108 Å². The second-order valence-corrected chi connectivity index (χ2v) is 7.74. The Hall–Kier alpha value is -4.41. The number of alkyl halides is 3. The zero-order chi connectivity index (χ0) is 24.2. The molecule has 1 amide bonds. The number of fused-ring (bicyclic) bond motifs is 2. The summed E-state index contributed by atoms with van der Waals surface area (Å²) >= 11 is 0. The van der Waals surface area contributed by atoms with E-state index in [4.69, 9.17) is 0 Å². The molecule has 3 N–H and O–H groups in total. The monoisotopic (exact) mass is 466 g/mol. The van der Waals surface area contributed by atoms with E-state index >= 15 is 0 Å². The summed E-state index contributed by atoms with van der Waals surface area (Å²) in [5, 5.41) is 6.33. The predicted octanol–water partition coefficient (Wildman–Crippen LogP) is 4.52. The van der Waals surface area contributed by atoms with Crippen LogP contribution in [0.2, 0.25) is 0 Å². The molecule has 2 aromatic carbocycles. The lowest BCUT2D eigenvalue weighted by Crippen LogP contribution is -2.20. The first-order chi connectivity index (χ1) is 16.1. The van der Waals surface area contributed by atoms with Gasteiger partial charge in [-0.1, -0.05) is 36.4 Å². The Balaban J connectivity index is 1.78. The number of amides is 1. The molecule has 0 fully saturated rings. The summed E-state index contributed by atoms with van der Waals surface area (Å²) in [6.45, 7) is 2.94. The third-order valence-corrected chi connectivity index (χ3v) is 5.37. The molecular weight excluding hydrogens is 449 g/mol. The highest BCUT2D eigenvalue weighted by atomic mass is 19.4. The van der Waals surface area contributed by atoms with Crippen molar-refractivity contribution >= 4 is 28.3 Å². The van der Waals surface area contributed by atoms with Gasteiger partial charge in [0.15, 0.2) is 5.69 Å². The normalized spacial score (nSPS) is 11.9. The molecule has 34 heavy (non-hydrogen) atoms. The number of para-hydroxylation sites is 1. The molecule has 172 valence electrons. The van der Waals surface area contributed by atoms with Gasteiger partial charge in [0.1, 0.15) is 17.0 Å². The Kier molecular flexibility index (Phi) is 4.78. The lowest BCUT2D eigenvalue weighted by molar-refractivity contribution is -0.140.